The van der Waals surface area contributed by atoms with Gasteiger partial charge in [-0.25, -0.2) is 9.13 Å². The Morgan fingerprint density at radius 1 is 0.947 bits per heavy atom. The van der Waals surface area contributed by atoms with Gasteiger partial charge in [-0.1, -0.05) is 42.5 Å². The van der Waals surface area contributed by atoms with Gasteiger partial charge in [-0.05, 0) is 31.5 Å². The van der Waals surface area contributed by atoms with Gasteiger partial charge in [-0.15, -0.1) is 0 Å². The van der Waals surface area contributed by atoms with Crippen LogP contribution in [0.2, 0.25) is 0 Å². The van der Waals surface area contributed by atoms with E-state index in [9.17, 15) is 0 Å². The lowest BCUT2D eigenvalue weighted by atomic mass is 10.2. The van der Waals surface area contributed by atoms with Crippen LogP contribution in [0.3, 0.4) is 0 Å². The van der Waals surface area contributed by atoms with E-state index in [4.69, 9.17) is 0 Å². The van der Waals surface area contributed by atoms with Gasteiger partial charge in [0.2, 0.25) is 6.33 Å². The Bertz CT molecular complexity index is 681. The molecule has 0 bridgehead atoms. The van der Waals surface area contributed by atoms with Gasteiger partial charge in [0.15, 0.2) is 11.0 Å². The van der Waals surface area contributed by atoms with Crippen LogP contribution in [0.4, 0.5) is 0 Å². The summed E-state index contributed by atoms with van der Waals surface area (Å²) in [7, 11) is 0. The van der Waals surface area contributed by atoms with Crippen LogP contribution in [0.1, 0.15) is 25.5 Å². The van der Waals surface area contributed by atoms with Crippen LogP contribution in [0.15, 0.2) is 60.9 Å². The van der Waals surface area contributed by atoms with Crippen LogP contribution in [0, 0.1) is 0 Å². The second-order valence-electron chi connectivity index (χ2n) is 5.22. The fraction of sp³-hybridized carbons (Fsp3) is 0.235. The number of nitrogens with zero attached hydrogens (tertiary/aromatic N) is 2. The zero-order valence-corrected chi connectivity index (χ0v) is 11.5. The fourth-order valence-corrected chi connectivity index (χ4v) is 2.52. The highest BCUT2D eigenvalue weighted by atomic mass is 15.1. The van der Waals surface area contributed by atoms with Crippen molar-refractivity contribution < 1.29 is 4.57 Å². The Balaban J connectivity index is 2.09. The lowest BCUT2D eigenvalue weighted by molar-refractivity contribution is -0.663. The monoisotopic (exact) mass is 251 g/mol. The molecule has 3 aromatic rings. The average Bonchev–Trinajstić information content (AvgIpc) is 2.79. The van der Waals surface area contributed by atoms with E-state index in [-0.39, 0.29) is 0 Å². The summed E-state index contributed by atoms with van der Waals surface area (Å²) in [5, 5.41) is 0. The molecule has 0 radical (unpaired) electrons. The third kappa shape index (κ3) is 2.26. The van der Waals surface area contributed by atoms with Crippen LogP contribution in [-0.2, 0) is 6.54 Å². The molecule has 0 spiro atoms. The molecule has 2 aromatic carbocycles. The minimum Gasteiger partial charge on any atom is -0.228 e. The minimum atomic E-state index is 0.474. The molecule has 0 amide bonds. The van der Waals surface area contributed by atoms with Crippen molar-refractivity contribution in [1.29, 1.82) is 0 Å². The second-order valence-corrected chi connectivity index (χ2v) is 5.22. The summed E-state index contributed by atoms with van der Waals surface area (Å²) in [6.45, 7) is 5.36. The summed E-state index contributed by atoms with van der Waals surface area (Å²) < 4.78 is 4.66. The summed E-state index contributed by atoms with van der Waals surface area (Å²) in [5.41, 5.74) is 3.92. The van der Waals surface area contributed by atoms with Crippen LogP contribution in [-0.4, -0.2) is 4.57 Å². The maximum Gasteiger partial charge on any atom is 0.245 e. The summed E-state index contributed by atoms with van der Waals surface area (Å²) in [6, 6.07) is 19.7. The molecule has 19 heavy (non-hydrogen) atoms. The van der Waals surface area contributed by atoms with Crippen molar-refractivity contribution in [2.75, 3.05) is 0 Å². The van der Waals surface area contributed by atoms with E-state index in [0.29, 0.717) is 6.04 Å². The molecule has 3 rings (SSSR count). The largest absolute Gasteiger partial charge is 0.245 e. The molecule has 0 saturated heterocycles. The number of aromatic nitrogens is 2. The van der Waals surface area contributed by atoms with E-state index in [1.807, 2.05) is 0 Å². The Morgan fingerprint density at radius 2 is 1.63 bits per heavy atom. The molecule has 0 aliphatic heterocycles. The Morgan fingerprint density at radius 3 is 2.37 bits per heavy atom. The highest BCUT2D eigenvalue weighted by molar-refractivity contribution is 5.71. The first-order valence-electron chi connectivity index (χ1n) is 6.78. The Hall–Kier alpha value is -2.09. The third-order valence-corrected chi connectivity index (χ3v) is 3.49. The number of para-hydroxylation sites is 2. The van der Waals surface area contributed by atoms with Gasteiger partial charge in [0.05, 0.1) is 6.04 Å². The van der Waals surface area contributed by atoms with Gasteiger partial charge in [0, 0.05) is 0 Å². The van der Waals surface area contributed by atoms with E-state index < -0.39 is 0 Å². The quantitative estimate of drug-likeness (QED) is 0.629. The van der Waals surface area contributed by atoms with E-state index in [1.54, 1.807) is 0 Å². The van der Waals surface area contributed by atoms with E-state index in [0.717, 1.165) is 6.54 Å². The maximum absolute atomic E-state index is 2.33. The van der Waals surface area contributed by atoms with Crippen molar-refractivity contribution in [2.24, 2.45) is 0 Å². The number of hydrogen-bond donors (Lipinski definition) is 0. The van der Waals surface area contributed by atoms with Crippen LogP contribution < -0.4 is 4.57 Å². The van der Waals surface area contributed by atoms with E-state index >= 15 is 0 Å². The normalized spacial score (nSPS) is 11.3. The third-order valence-electron chi connectivity index (χ3n) is 3.49. The van der Waals surface area contributed by atoms with Gasteiger partial charge < -0.3 is 0 Å². The molecule has 0 aliphatic rings. The molecule has 0 aliphatic carbocycles. The molecular formula is C17H19N2+. The first-order valence-corrected chi connectivity index (χ1v) is 6.78. The molecule has 2 heteroatoms. The Labute approximate surface area is 113 Å². The molecule has 2 nitrogen and oxygen atoms in total. The van der Waals surface area contributed by atoms with Crippen LogP contribution in [0.5, 0.6) is 0 Å². The van der Waals surface area contributed by atoms with Gasteiger partial charge in [0.25, 0.3) is 0 Å². The molecule has 0 N–H and O–H groups in total. The second kappa shape index (κ2) is 4.88. The highest BCUT2D eigenvalue weighted by Gasteiger charge is 2.16. The molecule has 1 aromatic heterocycles. The van der Waals surface area contributed by atoms with Crippen LogP contribution >= 0.6 is 0 Å². The standard InChI is InChI=1S/C17H19N2/c1-14(2)19-13-18(12-15-8-4-3-5-9-15)16-10-6-7-11-17(16)19/h3-11,13-14H,12H2,1-2H3/q+1. The summed E-state index contributed by atoms with van der Waals surface area (Å²) in [4.78, 5) is 0. The zero-order valence-electron chi connectivity index (χ0n) is 11.5. The number of benzene rings is 2. The molecule has 0 saturated carbocycles. The lowest BCUT2D eigenvalue weighted by Crippen LogP contribution is -2.32. The lowest BCUT2D eigenvalue weighted by Gasteiger charge is -1.99. The molecule has 1 heterocycles. The first kappa shape index (κ1) is 12.0. The van der Waals surface area contributed by atoms with Gasteiger partial charge in [0.1, 0.15) is 6.54 Å². The number of fused-ring (bicyclic) bond motifs is 1. The molecule has 96 valence electrons. The SMILES string of the molecule is CC(C)n1c[n+](Cc2ccccc2)c2ccccc21. The molecule has 0 unspecified atom stereocenters. The first-order chi connectivity index (χ1) is 9.25. The maximum atomic E-state index is 2.33. The van der Waals surface area contributed by atoms with Crippen molar-refractivity contribution in [3.05, 3.63) is 66.5 Å². The van der Waals surface area contributed by atoms with Gasteiger partial charge >= 0.3 is 0 Å². The molecular weight excluding hydrogens is 232 g/mol. The fourth-order valence-electron chi connectivity index (χ4n) is 2.52. The van der Waals surface area contributed by atoms with E-state index in [1.165, 1.54) is 16.6 Å². The van der Waals surface area contributed by atoms with Crippen molar-refractivity contribution in [1.82, 2.24) is 4.57 Å². The predicted molar refractivity (Wildman–Crippen MR) is 78.1 cm³/mol. The number of rotatable bonds is 3. The van der Waals surface area contributed by atoms with Crippen molar-refractivity contribution >= 4 is 11.0 Å². The number of hydrogen-bond acceptors (Lipinski definition) is 0. The van der Waals surface area contributed by atoms with Crippen LogP contribution in [0.25, 0.3) is 11.0 Å². The summed E-state index contributed by atoms with van der Waals surface area (Å²) >= 11 is 0. The highest BCUT2D eigenvalue weighted by Crippen LogP contribution is 2.16. The van der Waals surface area contributed by atoms with Crippen molar-refractivity contribution in [3.63, 3.8) is 0 Å². The molecule has 0 atom stereocenters. The van der Waals surface area contributed by atoms with E-state index in [2.05, 4.69) is 83.9 Å². The smallest absolute Gasteiger partial charge is 0.228 e. The topological polar surface area (TPSA) is 8.81 Å². The van der Waals surface area contributed by atoms with Gasteiger partial charge in [-0.3, -0.25) is 0 Å². The minimum absolute atomic E-state index is 0.474. The number of imidazole rings is 1. The summed E-state index contributed by atoms with van der Waals surface area (Å²) in [6.07, 6.45) is 2.22. The summed E-state index contributed by atoms with van der Waals surface area (Å²) in [5.74, 6) is 0. The molecule has 0 fully saturated rings. The van der Waals surface area contributed by atoms with Crippen molar-refractivity contribution in [2.45, 2.75) is 26.4 Å². The predicted octanol–water partition coefficient (Wildman–Crippen LogP) is 3.56. The zero-order chi connectivity index (χ0) is 13.2. The average molecular weight is 251 g/mol. The van der Waals surface area contributed by atoms with Gasteiger partial charge in [-0.2, -0.15) is 0 Å². The van der Waals surface area contributed by atoms with Crippen molar-refractivity contribution in [3.8, 4) is 0 Å². The Kier molecular flexibility index (Phi) is 3.08.